The summed E-state index contributed by atoms with van der Waals surface area (Å²) in [4.78, 5) is 15.9. The smallest absolute Gasteiger partial charge is 0.323 e. The average Bonchev–Trinajstić information content (AvgIpc) is 2.77. The largest absolute Gasteiger partial charge is 0.480 e. The van der Waals surface area contributed by atoms with Crippen LogP contribution in [0, 0.1) is 13.8 Å². The third-order valence-electron chi connectivity index (χ3n) is 3.80. The van der Waals surface area contributed by atoms with Crippen molar-refractivity contribution in [2.24, 2.45) is 0 Å². The number of hydrogen-bond acceptors (Lipinski definition) is 3. The van der Waals surface area contributed by atoms with Crippen LogP contribution in [0.3, 0.4) is 0 Å². The van der Waals surface area contributed by atoms with Crippen LogP contribution in [0.4, 0.5) is 5.69 Å². The van der Waals surface area contributed by atoms with Gasteiger partial charge in [0.15, 0.2) is 0 Å². The highest BCUT2D eigenvalue weighted by Gasteiger charge is 2.16. The molecule has 3 N–H and O–H groups in total. The summed E-state index contributed by atoms with van der Waals surface area (Å²) in [5, 5.41) is 9.22. The first-order valence-electron chi connectivity index (χ1n) is 7.01. The van der Waals surface area contributed by atoms with Crippen LogP contribution in [0.5, 0.6) is 0 Å². The second kappa shape index (κ2) is 5.18. The summed E-state index contributed by atoms with van der Waals surface area (Å²) >= 11 is 0. The summed E-state index contributed by atoms with van der Waals surface area (Å²) in [6.45, 7) is 3.89. The number of carboxylic acid groups (broad SMARTS) is 1. The molecule has 1 aromatic heterocycles. The molecule has 2 aromatic carbocycles. The molecule has 1 heterocycles. The van der Waals surface area contributed by atoms with Crippen molar-refractivity contribution in [2.45, 2.75) is 20.4 Å². The number of carbonyl (C=O) groups is 1. The SMILES string of the molecule is Cc1cc2nc(-c3cccc(N)c3)n(CC(=O)O)c2cc1C. The molecule has 0 atom stereocenters. The summed E-state index contributed by atoms with van der Waals surface area (Å²) < 4.78 is 1.72. The monoisotopic (exact) mass is 295 g/mol. The van der Waals surface area contributed by atoms with E-state index in [0.29, 0.717) is 11.5 Å². The Labute approximate surface area is 128 Å². The number of nitrogens with two attached hydrogens (primary N) is 1. The molecule has 0 fully saturated rings. The molecule has 0 aliphatic carbocycles. The van der Waals surface area contributed by atoms with E-state index in [2.05, 4.69) is 4.98 Å². The Morgan fingerprint density at radius 3 is 2.64 bits per heavy atom. The highest BCUT2D eigenvalue weighted by Crippen LogP contribution is 2.27. The minimum atomic E-state index is -0.900. The number of aryl methyl sites for hydroxylation is 2. The second-order valence-corrected chi connectivity index (χ2v) is 5.47. The molecule has 0 unspecified atom stereocenters. The van der Waals surface area contributed by atoms with Crippen LogP contribution in [0.25, 0.3) is 22.4 Å². The van der Waals surface area contributed by atoms with E-state index in [9.17, 15) is 9.90 Å². The summed E-state index contributed by atoms with van der Waals surface area (Å²) in [6, 6.07) is 11.3. The van der Waals surface area contributed by atoms with Crippen LogP contribution in [0.1, 0.15) is 11.1 Å². The van der Waals surface area contributed by atoms with Gasteiger partial charge in [-0.1, -0.05) is 12.1 Å². The van der Waals surface area contributed by atoms with Gasteiger partial charge < -0.3 is 15.4 Å². The van der Waals surface area contributed by atoms with Crippen LogP contribution in [-0.2, 0) is 11.3 Å². The van der Waals surface area contributed by atoms with Crippen molar-refractivity contribution in [2.75, 3.05) is 5.73 Å². The molecule has 112 valence electrons. The summed E-state index contributed by atoms with van der Waals surface area (Å²) in [7, 11) is 0. The first-order valence-corrected chi connectivity index (χ1v) is 7.01. The summed E-state index contributed by atoms with van der Waals surface area (Å²) in [6.07, 6.45) is 0. The molecule has 0 saturated heterocycles. The zero-order chi connectivity index (χ0) is 15.9. The zero-order valence-electron chi connectivity index (χ0n) is 12.5. The van der Waals surface area contributed by atoms with Gasteiger partial charge >= 0.3 is 5.97 Å². The molecule has 0 radical (unpaired) electrons. The van der Waals surface area contributed by atoms with Gasteiger partial charge in [0.1, 0.15) is 12.4 Å². The van der Waals surface area contributed by atoms with Crippen molar-refractivity contribution in [1.82, 2.24) is 9.55 Å². The Morgan fingerprint density at radius 1 is 1.23 bits per heavy atom. The molecule has 3 rings (SSSR count). The van der Waals surface area contributed by atoms with Gasteiger partial charge in [-0.15, -0.1) is 0 Å². The Balaban J connectivity index is 2.30. The van der Waals surface area contributed by atoms with Gasteiger partial charge in [0.05, 0.1) is 11.0 Å². The number of rotatable bonds is 3. The van der Waals surface area contributed by atoms with Crippen molar-refractivity contribution in [3.05, 3.63) is 47.5 Å². The number of imidazole rings is 1. The van der Waals surface area contributed by atoms with Crippen molar-refractivity contribution in [3.8, 4) is 11.4 Å². The lowest BCUT2D eigenvalue weighted by Gasteiger charge is -2.08. The summed E-state index contributed by atoms with van der Waals surface area (Å²) in [5.41, 5.74) is 11.1. The number of aromatic nitrogens is 2. The standard InChI is InChI=1S/C17H17N3O2/c1-10-6-14-15(7-11(10)2)20(9-16(21)22)17(19-14)12-4-3-5-13(18)8-12/h3-8H,9,18H2,1-2H3,(H,21,22). The van der Waals surface area contributed by atoms with Gasteiger partial charge in [-0.25, -0.2) is 4.98 Å². The predicted molar refractivity (Wildman–Crippen MR) is 86.7 cm³/mol. The normalized spacial score (nSPS) is 11.0. The van der Waals surface area contributed by atoms with Gasteiger partial charge in [-0.05, 0) is 49.2 Å². The molecular weight excluding hydrogens is 278 g/mol. The fraction of sp³-hybridized carbons (Fsp3) is 0.176. The third kappa shape index (κ3) is 2.41. The Morgan fingerprint density at radius 2 is 1.95 bits per heavy atom. The first kappa shape index (κ1) is 14.1. The van der Waals surface area contributed by atoms with Crippen LogP contribution < -0.4 is 5.73 Å². The topological polar surface area (TPSA) is 81.1 Å². The number of carboxylic acids is 1. The quantitative estimate of drug-likeness (QED) is 0.728. The minimum Gasteiger partial charge on any atom is -0.480 e. The number of benzene rings is 2. The van der Waals surface area contributed by atoms with Crippen molar-refractivity contribution in [3.63, 3.8) is 0 Å². The van der Waals surface area contributed by atoms with Crippen LogP contribution in [0.2, 0.25) is 0 Å². The van der Waals surface area contributed by atoms with Gasteiger partial charge in [0.2, 0.25) is 0 Å². The lowest BCUT2D eigenvalue weighted by Crippen LogP contribution is -2.10. The van der Waals surface area contributed by atoms with Crippen LogP contribution >= 0.6 is 0 Å². The van der Waals surface area contributed by atoms with E-state index in [-0.39, 0.29) is 6.54 Å². The van der Waals surface area contributed by atoms with E-state index in [0.717, 1.165) is 27.7 Å². The van der Waals surface area contributed by atoms with E-state index >= 15 is 0 Å². The van der Waals surface area contributed by atoms with Gasteiger partial charge in [-0.2, -0.15) is 0 Å². The second-order valence-electron chi connectivity index (χ2n) is 5.47. The molecule has 0 bridgehead atoms. The molecule has 3 aromatic rings. The van der Waals surface area contributed by atoms with E-state index in [1.807, 2.05) is 38.1 Å². The highest BCUT2D eigenvalue weighted by atomic mass is 16.4. The number of anilines is 1. The molecule has 22 heavy (non-hydrogen) atoms. The van der Waals surface area contributed by atoms with E-state index < -0.39 is 5.97 Å². The number of nitrogen functional groups attached to an aromatic ring is 1. The molecule has 0 aliphatic rings. The van der Waals surface area contributed by atoms with E-state index in [1.54, 1.807) is 16.7 Å². The molecule has 0 aliphatic heterocycles. The maximum Gasteiger partial charge on any atom is 0.323 e. The van der Waals surface area contributed by atoms with Crippen LogP contribution in [-0.4, -0.2) is 20.6 Å². The average molecular weight is 295 g/mol. The molecule has 0 amide bonds. The van der Waals surface area contributed by atoms with E-state index in [1.165, 1.54) is 0 Å². The molecule has 0 spiro atoms. The number of fused-ring (bicyclic) bond motifs is 1. The maximum absolute atomic E-state index is 11.2. The lowest BCUT2D eigenvalue weighted by molar-refractivity contribution is -0.137. The minimum absolute atomic E-state index is 0.136. The third-order valence-corrected chi connectivity index (χ3v) is 3.80. The van der Waals surface area contributed by atoms with Gasteiger partial charge in [0, 0.05) is 11.3 Å². The van der Waals surface area contributed by atoms with Crippen molar-refractivity contribution in [1.29, 1.82) is 0 Å². The highest BCUT2D eigenvalue weighted by molar-refractivity contribution is 5.84. The van der Waals surface area contributed by atoms with Crippen molar-refractivity contribution >= 4 is 22.7 Å². The first-order chi connectivity index (χ1) is 10.5. The Kier molecular flexibility index (Phi) is 3.33. The van der Waals surface area contributed by atoms with Crippen molar-refractivity contribution < 1.29 is 9.90 Å². The number of nitrogens with zero attached hydrogens (tertiary/aromatic N) is 2. The lowest BCUT2D eigenvalue weighted by atomic mass is 10.1. The molecule has 5 heteroatoms. The molecular formula is C17H17N3O2. The zero-order valence-corrected chi connectivity index (χ0v) is 12.5. The fourth-order valence-electron chi connectivity index (χ4n) is 2.57. The molecule has 5 nitrogen and oxygen atoms in total. The fourth-order valence-corrected chi connectivity index (χ4v) is 2.57. The number of aliphatic carboxylic acids is 1. The van der Waals surface area contributed by atoms with Gasteiger partial charge in [0.25, 0.3) is 0 Å². The summed E-state index contributed by atoms with van der Waals surface area (Å²) in [5.74, 6) is -0.280. The maximum atomic E-state index is 11.2. The Hall–Kier alpha value is -2.82. The predicted octanol–water partition coefficient (Wildman–Crippen LogP) is 2.99. The van der Waals surface area contributed by atoms with E-state index in [4.69, 9.17) is 5.73 Å². The number of hydrogen-bond donors (Lipinski definition) is 2. The molecule has 0 saturated carbocycles. The van der Waals surface area contributed by atoms with Gasteiger partial charge in [-0.3, -0.25) is 4.79 Å². The van der Waals surface area contributed by atoms with Crippen LogP contribution in [0.15, 0.2) is 36.4 Å². The Bertz CT molecular complexity index is 881.